The normalized spacial score (nSPS) is 24.9. The van der Waals surface area contributed by atoms with Crippen LogP contribution in [0.2, 0.25) is 0 Å². The van der Waals surface area contributed by atoms with E-state index in [0.29, 0.717) is 0 Å². The first-order valence-electron chi connectivity index (χ1n) is 4.86. The Morgan fingerprint density at radius 1 is 1.64 bits per heavy atom. The fraction of sp³-hybridized carbons (Fsp3) is 0.600. The standard InChI is InChI=1S/C10H13BrFNS/c11-8-3-5-14-10(8)9(12)7-2-1-4-13-6-7/h3,5,7,9,13H,1-2,4,6H2. The summed E-state index contributed by atoms with van der Waals surface area (Å²) in [5.41, 5.74) is 0. The number of rotatable bonds is 2. The van der Waals surface area contributed by atoms with Crippen molar-refractivity contribution in [3.8, 4) is 0 Å². The van der Waals surface area contributed by atoms with Crippen molar-refractivity contribution in [3.63, 3.8) is 0 Å². The Hall–Kier alpha value is 0.0700. The van der Waals surface area contributed by atoms with Crippen molar-refractivity contribution in [2.24, 2.45) is 5.92 Å². The van der Waals surface area contributed by atoms with E-state index >= 15 is 0 Å². The van der Waals surface area contributed by atoms with Gasteiger partial charge in [-0.1, -0.05) is 0 Å². The average molecular weight is 278 g/mol. The zero-order valence-corrected chi connectivity index (χ0v) is 10.2. The number of nitrogens with one attached hydrogen (secondary N) is 1. The number of thiophene rings is 1. The molecule has 1 saturated heterocycles. The smallest absolute Gasteiger partial charge is 0.139 e. The fourth-order valence-corrected chi connectivity index (χ4v) is 3.50. The Kier molecular flexibility index (Phi) is 3.57. The first-order chi connectivity index (χ1) is 6.79. The summed E-state index contributed by atoms with van der Waals surface area (Å²) in [5, 5.41) is 5.18. The molecule has 2 heterocycles. The van der Waals surface area contributed by atoms with Crippen molar-refractivity contribution in [2.75, 3.05) is 13.1 Å². The van der Waals surface area contributed by atoms with Crippen LogP contribution < -0.4 is 5.32 Å². The second-order valence-corrected chi connectivity index (χ2v) is 5.44. The zero-order chi connectivity index (χ0) is 9.97. The van der Waals surface area contributed by atoms with Gasteiger partial charge in [-0.3, -0.25) is 0 Å². The second kappa shape index (κ2) is 4.73. The van der Waals surface area contributed by atoms with Crippen molar-refractivity contribution < 1.29 is 4.39 Å². The van der Waals surface area contributed by atoms with Crippen LogP contribution in [0.1, 0.15) is 23.9 Å². The number of alkyl halides is 1. The summed E-state index contributed by atoms with van der Waals surface area (Å²) in [5.74, 6) is 0.152. The molecule has 1 aromatic rings. The highest BCUT2D eigenvalue weighted by atomic mass is 79.9. The molecule has 2 rings (SSSR count). The minimum Gasteiger partial charge on any atom is -0.316 e. The topological polar surface area (TPSA) is 12.0 Å². The SMILES string of the molecule is FC(c1sccc1Br)C1CCCNC1. The third kappa shape index (κ3) is 2.18. The van der Waals surface area contributed by atoms with Crippen molar-refractivity contribution in [1.82, 2.24) is 5.32 Å². The van der Waals surface area contributed by atoms with E-state index in [4.69, 9.17) is 0 Å². The predicted octanol–water partition coefficient (Wildman–Crippen LogP) is 3.52. The summed E-state index contributed by atoms with van der Waals surface area (Å²) in [6.45, 7) is 1.85. The number of hydrogen-bond acceptors (Lipinski definition) is 2. The molecule has 1 nitrogen and oxygen atoms in total. The quantitative estimate of drug-likeness (QED) is 0.872. The van der Waals surface area contributed by atoms with Gasteiger partial charge in [-0.15, -0.1) is 11.3 Å². The Labute approximate surface area is 95.8 Å². The summed E-state index contributed by atoms with van der Waals surface area (Å²) in [4.78, 5) is 0.846. The summed E-state index contributed by atoms with van der Waals surface area (Å²) in [7, 11) is 0. The highest BCUT2D eigenvalue weighted by molar-refractivity contribution is 9.10. The summed E-state index contributed by atoms with van der Waals surface area (Å²) >= 11 is 4.89. The van der Waals surface area contributed by atoms with Crippen molar-refractivity contribution >= 4 is 27.3 Å². The summed E-state index contributed by atoms with van der Waals surface area (Å²) in [6, 6.07) is 1.92. The molecule has 14 heavy (non-hydrogen) atoms. The molecular weight excluding hydrogens is 265 g/mol. The molecule has 78 valence electrons. The van der Waals surface area contributed by atoms with E-state index in [0.717, 1.165) is 35.3 Å². The number of halogens is 2. The van der Waals surface area contributed by atoms with Crippen LogP contribution in [-0.4, -0.2) is 13.1 Å². The van der Waals surface area contributed by atoms with Gasteiger partial charge in [0.2, 0.25) is 0 Å². The second-order valence-electron chi connectivity index (χ2n) is 3.64. The third-order valence-corrected chi connectivity index (χ3v) is 4.57. The van der Waals surface area contributed by atoms with Crippen LogP contribution in [0, 0.1) is 5.92 Å². The van der Waals surface area contributed by atoms with Gasteiger partial charge in [0.15, 0.2) is 0 Å². The molecule has 1 aliphatic rings. The molecule has 1 aliphatic heterocycles. The van der Waals surface area contributed by atoms with Gasteiger partial charge in [0, 0.05) is 16.9 Å². The first kappa shape index (κ1) is 10.6. The highest BCUT2D eigenvalue weighted by Crippen LogP contribution is 2.38. The molecule has 0 spiro atoms. The lowest BCUT2D eigenvalue weighted by Gasteiger charge is -2.25. The van der Waals surface area contributed by atoms with E-state index in [1.807, 2.05) is 11.4 Å². The fourth-order valence-electron chi connectivity index (χ4n) is 1.84. The van der Waals surface area contributed by atoms with Gasteiger partial charge in [0.1, 0.15) is 6.17 Å². The number of hydrogen-bond donors (Lipinski definition) is 1. The van der Waals surface area contributed by atoms with Crippen molar-refractivity contribution in [3.05, 3.63) is 20.8 Å². The molecule has 4 heteroatoms. The summed E-state index contributed by atoms with van der Waals surface area (Å²) in [6.07, 6.45) is 1.28. The molecule has 1 N–H and O–H groups in total. The minimum absolute atomic E-state index is 0.152. The summed E-state index contributed by atoms with van der Waals surface area (Å²) < 4.78 is 15.0. The van der Waals surface area contributed by atoms with E-state index in [9.17, 15) is 4.39 Å². The maximum atomic E-state index is 14.1. The van der Waals surface area contributed by atoms with Crippen LogP contribution in [0.25, 0.3) is 0 Å². The van der Waals surface area contributed by atoms with Crippen molar-refractivity contribution in [2.45, 2.75) is 19.0 Å². The van der Waals surface area contributed by atoms with Gasteiger partial charge in [-0.2, -0.15) is 0 Å². The molecule has 1 fully saturated rings. The maximum absolute atomic E-state index is 14.1. The molecule has 0 amide bonds. The van der Waals surface area contributed by atoms with E-state index in [2.05, 4.69) is 21.2 Å². The van der Waals surface area contributed by atoms with E-state index in [1.54, 1.807) is 0 Å². The molecule has 2 atom stereocenters. The Bertz CT molecular complexity index is 296. The third-order valence-electron chi connectivity index (χ3n) is 2.64. The van der Waals surface area contributed by atoms with E-state index in [1.165, 1.54) is 11.3 Å². The molecule has 0 radical (unpaired) electrons. The van der Waals surface area contributed by atoms with Gasteiger partial charge >= 0.3 is 0 Å². The van der Waals surface area contributed by atoms with Gasteiger partial charge < -0.3 is 5.32 Å². The molecular formula is C10H13BrFNS. The Balaban J connectivity index is 2.07. The Morgan fingerprint density at radius 3 is 3.07 bits per heavy atom. The van der Waals surface area contributed by atoms with Crippen LogP contribution >= 0.6 is 27.3 Å². The minimum atomic E-state index is -0.808. The van der Waals surface area contributed by atoms with Crippen molar-refractivity contribution in [1.29, 1.82) is 0 Å². The first-order valence-corrected chi connectivity index (χ1v) is 6.54. The van der Waals surface area contributed by atoms with Crippen LogP contribution in [0.4, 0.5) is 4.39 Å². The Morgan fingerprint density at radius 2 is 2.50 bits per heavy atom. The average Bonchev–Trinajstić information content (AvgIpc) is 2.65. The van der Waals surface area contributed by atoms with E-state index < -0.39 is 6.17 Å². The van der Waals surface area contributed by atoms with Crippen LogP contribution in [-0.2, 0) is 0 Å². The molecule has 1 aromatic heterocycles. The van der Waals surface area contributed by atoms with Crippen LogP contribution in [0.5, 0.6) is 0 Å². The number of piperidine rings is 1. The van der Waals surface area contributed by atoms with Gasteiger partial charge in [0.25, 0.3) is 0 Å². The molecule has 2 unspecified atom stereocenters. The molecule has 0 aliphatic carbocycles. The lowest BCUT2D eigenvalue weighted by molar-refractivity contribution is 0.197. The van der Waals surface area contributed by atoms with Gasteiger partial charge in [0.05, 0.1) is 4.88 Å². The predicted molar refractivity (Wildman–Crippen MR) is 61.5 cm³/mol. The van der Waals surface area contributed by atoms with Crippen LogP contribution in [0.15, 0.2) is 15.9 Å². The molecule has 0 bridgehead atoms. The monoisotopic (exact) mass is 277 g/mol. The van der Waals surface area contributed by atoms with Gasteiger partial charge in [-0.05, 0) is 46.8 Å². The highest BCUT2D eigenvalue weighted by Gasteiger charge is 2.26. The lowest BCUT2D eigenvalue weighted by Crippen LogP contribution is -2.32. The molecule has 0 saturated carbocycles. The van der Waals surface area contributed by atoms with Gasteiger partial charge in [-0.25, -0.2) is 4.39 Å². The van der Waals surface area contributed by atoms with E-state index in [-0.39, 0.29) is 5.92 Å². The maximum Gasteiger partial charge on any atom is 0.139 e. The van der Waals surface area contributed by atoms with Crippen LogP contribution in [0.3, 0.4) is 0 Å². The zero-order valence-electron chi connectivity index (χ0n) is 7.80. The largest absolute Gasteiger partial charge is 0.316 e. The lowest BCUT2D eigenvalue weighted by atomic mass is 9.94. The molecule has 0 aromatic carbocycles.